The highest BCUT2D eigenvalue weighted by Crippen LogP contribution is 2.24. The molecule has 0 amide bonds. The Bertz CT molecular complexity index is 390. The van der Waals surface area contributed by atoms with Gasteiger partial charge in [-0.25, -0.2) is 0 Å². The molecule has 2 rings (SSSR count). The van der Waals surface area contributed by atoms with Crippen LogP contribution in [0.3, 0.4) is 0 Å². The summed E-state index contributed by atoms with van der Waals surface area (Å²) >= 11 is 0. The van der Waals surface area contributed by atoms with Crippen molar-refractivity contribution in [2.45, 2.75) is 26.2 Å². The first kappa shape index (κ1) is 14.0. The van der Waals surface area contributed by atoms with Crippen LogP contribution in [0.1, 0.15) is 26.2 Å². The lowest BCUT2D eigenvalue weighted by atomic mass is 10.1. The topological polar surface area (TPSA) is 47.7 Å². The zero-order valence-electron chi connectivity index (χ0n) is 11.7. The second kappa shape index (κ2) is 7.24. The maximum atomic E-state index is 5.83. The fourth-order valence-corrected chi connectivity index (χ4v) is 2.40. The summed E-state index contributed by atoms with van der Waals surface area (Å²) in [5, 5.41) is 0. The molecule has 1 aromatic rings. The number of nitrogen functional groups attached to an aromatic ring is 1. The van der Waals surface area contributed by atoms with Crippen molar-refractivity contribution in [1.29, 1.82) is 0 Å². The molecule has 19 heavy (non-hydrogen) atoms. The van der Waals surface area contributed by atoms with Crippen LogP contribution in [0, 0.1) is 0 Å². The standard InChI is InChI=1S/C15H24N2O2/c1-2-18-14-10-13(16)11-15(12-14)19-9-8-17-6-4-3-5-7-17/h10-12H,2-9,16H2,1H3. The molecule has 4 heteroatoms. The zero-order chi connectivity index (χ0) is 13.5. The third-order valence-corrected chi connectivity index (χ3v) is 3.34. The maximum Gasteiger partial charge on any atom is 0.125 e. The normalized spacial score (nSPS) is 16.3. The van der Waals surface area contributed by atoms with Gasteiger partial charge in [-0.05, 0) is 32.9 Å². The van der Waals surface area contributed by atoms with E-state index >= 15 is 0 Å². The van der Waals surface area contributed by atoms with Crippen molar-refractivity contribution in [3.8, 4) is 11.5 Å². The molecule has 0 radical (unpaired) electrons. The summed E-state index contributed by atoms with van der Waals surface area (Å²) in [5.74, 6) is 1.57. The number of nitrogens with zero attached hydrogens (tertiary/aromatic N) is 1. The van der Waals surface area contributed by atoms with E-state index < -0.39 is 0 Å². The lowest BCUT2D eigenvalue weighted by Crippen LogP contribution is -2.33. The SMILES string of the molecule is CCOc1cc(N)cc(OCCN2CCCCC2)c1. The van der Waals surface area contributed by atoms with Gasteiger partial charge >= 0.3 is 0 Å². The molecule has 1 aliphatic rings. The van der Waals surface area contributed by atoms with Crippen molar-refractivity contribution < 1.29 is 9.47 Å². The molecule has 0 aliphatic carbocycles. The van der Waals surface area contributed by atoms with Gasteiger partial charge < -0.3 is 15.2 Å². The molecule has 0 saturated carbocycles. The minimum absolute atomic E-state index is 0.636. The molecule has 0 atom stereocenters. The predicted molar refractivity (Wildman–Crippen MR) is 77.8 cm³/mol. The fourth-order valence-electron chi connectivity index (χ4n) is 2.40. The second-order valence-electron chi connectivity index (χ2n) is 4.92. The third kappa shape index (κ3) is 4.63. The molecular formula is C15H24N2O2. The van der Waals surface area contributed by atoms with Crippen LogP contribution >= 0.6 is 0 Å². The van der Waals surface area contributed by atoms with Gasteiger partial charge in [0, 0.05) is 30.4 Å². The molecular weight excluding hydrogens is 240 g/mol. The van der Waals surface area contributed by atoms with E-state index in [4.69, 9.17) is 15.2 Å². The van der Waals surface area contributed by atoms with Crippen LogP contribution in [0.5, 0.6) is 11.5 Å². The summed E-state index contributed by atoms with van der Waals surface area (Å²) in [6.07, 6.45) is 3.99. The monoisotopic (exact) mass is 264 g/mol. The van der Waals surface area contributed by atoms with E-state index in [0.717, 1.165) is 18.0 Å². The Kier molecular flexibility index (Phi) is 5.33. The van der Waals surface area contributed by atoms with Gasteiger partial charge in [-0.1, -0.05) is 6.42 Å². The number of hydrogen-bond acceptors (Lipinski definition) is 4. The number of nitrogens with two attached hydrogens (primary N) is 1. The maximum absolute atomic E-state index is 5.83. The molecule has 1 fully saturated rings. The number of piperidine rings is 1. The average Bonchev–Trinajstić information content (AvgIpc) is 2.40. The lowest BCUT2D eigenvalue weighted by molar-refractivity contribution is 0.183. The molecule has 1 saturated heterocycles. The first-order valence-corrected chi connectivity index (χ1v) is 7.16. The fraction of sp³-hybridized carbons (Fsp3) is 0.600. The third-order valence-electron chi connectivity index (χ3n) is 3.34. The number of ether oxygens (including phenoxy) is 2. The molecule has 2 N–H and O–H groups in total. The van der Waals surface area contributed by atoms with Gasteiger partial charge in [-0.3, -0.25) is 4.90 Å². The van der Waals surface area contributed by atoms with Crippen molar-refractivity contribution in [2.75, 3.05) is 38.6 Å². The summed E-state index contributed by atoms with van der Waals surface area (Å²) in [6.45, 7) is 6.68. The molecule has 0 unspecified atom stereocenters. The van der Waals surface area contributed by atoms with E-state index in [0.29, 0.717) is 18.9 Å². The lowest BCUT2D eigenvalue weighted by Gasteiger charge is -2.26. The number of benzene rings is 1. The Morgan fingerprint density at radius 1 is 1.05 bits per heavy atom. The van der Waals surface area contributed by atoms with Crippen molar-refractivity contribution in [2.24, 2.45) is 0 Å². The molecule has 0 bridgehead atoms. The highest BCUT2D eigenvalue weighted by Gasteiger charge is 2.09. The van der Waals surface area contributed by atoms with Crippen LogP contribution in [0.15, 0.2) is 18.2 Å². The quantitative estimate of drug-likeness (QED) is 0.802. The van der Waals surface area contributed by atoms with Gasteiger partial charge in [-0.2, -0.15) is 0 Å². The van der Waals surface area contributed by atoms with Crippen LogP contribution in [0.4, 0.5) is 5.69 Å². The van der Waals surface area contributed by atoms with Crippen LogP contribution < -0.4 is 15.2 Å². The van der Waals surface area contributed by atoms with E-state index in [9.17, 15) is 0 Å². The number of anilines is 1. The van der Waals surface area contributed by atoms with Crippen molar-refractivity contribution in [3.05, 3.63) is 18.2 Å². The molecule has 1 heterocycles. The van der Waals surface area contributed by atoms with Gasteiger partial charge in [-0.15, -0.1) is 0 Å². The Balaban J connectivity index is 1.81. The van der Waals surface area contributed by atoms with E-state index in [2.05, 4.69) is 4.90 Å². The van der Waals surface area contributed by atoms with Crippen molar-refractivity contribution >= 4 is 5.69 Å². The van der Waals surface area contributed by atoms with Crippen molar-refractivity contribution in [3.63, 3.8) is 0 Å². The second-order valence-corrected chi connectivity index (χ2v) is 4.92. The molecule has 0 spiro atoms. The van der Waals surface area contributed by atoms with Crippen LogP contribution in [-0.2, 0) is 0 Å². The zero-order valence-corrected chi connectivity index (χ0v) is 11.7. The van der Waals surface area contributed by atoms with Crippen LogP contribution in [0.2, 0.25) is 0 Å². The highest BCUT2D eigenvalue weighted by atomic mass is 16.5. The molecule has 1 aliphatic heterocycles. The molecule has 4 nitrogen and oxygen atoms in total. The Labute approximate surface area is 115 Å². The van der Waals surface area contributed by atoms with Gasteiger partial charge in [0.15, 0.2) is 0 Å². The predicted octanol–water partition coefficient (Wildman–Crippen LogP) is 2.53. The van der Waals surface area contributed by atoms with E-state index in [1.165, 1.54) is 32.4 Å². The van der Waals surface area contributed by atoms with E-state index in [-0.39, 0.29) is 0 Å². The number of rotatable bonds is 6. The van der Waals surface area contributed by atoms with Crippen molar-refractivity contribution in [1.82, 2.24) is 4.90 Å². The van der Waals surface area contributed by atoms with Gasteiger partial charge in [0.2, 0.25) is 0 Å². The molecule has 1 aromatic carbocycles. The number of likely N-dealkylation sites (tertiary alicyclic amines) is 1. The first-order chi connectivity index (χ1) is 9.28. The van der Waals surface area contributed by atoms with Gasteiger partial charge in [0.1, 0.15) is 18.1 Å². The summed E-state index contributed by atoms with van der Waals surface area (Å²) < 4.78 is 11.2. The number of hydrogen-bond donors (Lipinski definition) is 1. The molecule has 0 aromatic heterocycles. The Hall–Kier alpha value is -1.42. The Morgan fingerprint density at radius 2 is 1.74 bits per heavy atom. The van der Waals surface area contributed by atoms with Crippen LogP contribution in [0.25, 0.3) is 0 Å². The molecule has 106 valence electrons. The van der Waals surface area contributed by atoms with Crippen LogP contribution in [-0.4, -0.2) is 37.7 Å². The summed E-state index contributed by atoms with van der Waals surface area (Å²) in [4.78, 5) is 2.46. The average molecular weight is 264 g/mol. The summed E-state index contributed by atoms with van der Waals surface area (Å²) in [5.41, 5.74) is 6.51. The van der Waals surface area contributed by atoms with Gasteiger partial charge in [0.05, 0.1) is 6.61 Å². The first-order valence-electron chi connectivity index (χ1n) is 7.16. The smallest absolute Gasteiger partial charge is 0.125 e. The van der Waals surface area contributed by atoms with Gasteiger partial charge in [0.25, 0.3) is 0 Å². The largest absolute Gasteiger partial charge is 0.494 e. The summed E-state index contributed by atoms with van der Waals surface area (Å²) in [7, 11) is 0. The Morgan fingerprint density at radius 3 is 2.42 bits per heavy atom. The van der Waals surface area contributed by atoms with E-state index in [1.807, 2.05) is 25.1 Å². The minimum atomic E-state index is 0.636. The highest BCUT2D eigenvalue weighted by molar-refractivity contribution is 5.50. The van der Waals surface area contributed by atoms with E-state index in [1.54, 1.807) is 0 Å². The summed E-state index contributed by atoms with van der Waals surface area (Å²) in [6, 6.07) is 5.57. The minimum Gasteiger partial charge on any atom is -0.494 e.